The zero-order valence-corrected chi connectivity index (χ0v) is 15.5. The molecule has 0 spiro atoms. The van der Waals surface area contributed by atoms with E-state index < -0.39 is 5.63 Å². The highest BCUT2D eigenvalue weighted by atomic mass is 16.6. The molecule has 1 rings (SSSR count). The topological polar surface area (TPSA) is 93.3 Å². The van der Waals surface area contributed by atoms with Gasteiger partial charge in [-0.1, -0.05) is 46.2 Å². The van der Waals surface area contributed by atoms with E-state index in [9.17, 15) is 9.59 Å². The monoisotopic (exact) mass is 339 g/mol. The lowest BCUT2D eigenvalue weighted by Gasteiger charge is -2.07. The molecule has 0 aromatic carbocycles. The van der Waals surface area contributed by atoms with Gasteiger partial charge in [-0.25, -0.2) is 4.79 Å². The quantitative estimate of drug-likeness (QED) is 0.370. The number of amidine groups is 1. The van der Waals surface area contributed by atoms with Crippen LogP contribution in [0.25, 0.3) is 0 Å². The first-order valence-electron chi connectivity index (χ1n) is 8.17. The second-order valence-electron chi connectivity index (χ2n) is 4.02. The van der Waals surface area contributed by atoms with Crippen molar-refractivity contribution in [2.45, 2.75) is 60.8 Å². The van der Waals surface area contributed by atoms with Gasteiger partial charge in [0.15, 0.2) is 0 Å². The SMILES string of the molecule is C=NO/C(=N/c1oc(=O)cc(CCCC)c1C)NC=O.CC.CC. The minimum Gasteiger partial charge on any atom is -0.404 e. The van der Waals surface area contributed by atoms with Crippen molar-refractivity contribution >= 4 is 25.0 Å². The normalized spacial score (nSPS) is 9.67. The molecule has 1 N–H and O–H groups in total. The van der Waals surface area contributed by atoms with E-state index in [-0.39, 0.29) is 11.9 Å². The second-order valence-corrected chi connectivity index (χ2v) is 4.02. The zero-order chi connectivity index (χ0) is 19.0. The van der Waals surface area contributed by atoms with E-state index in [1.165, 1.54) is 6.07 Å². The number of amides is 1. The molecule has 0 saturated heterocycles. The van der Waals surface area contributed by atoms with Crippen molar-refractivity contribution in [3.8, 4) is 0 Å². The van der Waals surface area contributed by atoms with E-state index >= 15 is 0 Å². The van der Waals surface area contributed by atoms with Gasteiger partial charge in [0, 0.05) is 18.3 Å². The summed E-state index contributed by atoms with van der Waals surface area (Å²) in [5.41, 5.74) is 1.08. The number of aliphatic imine (C=N–C) groups is 1. The fourth-order valence-electron chi connectivity index (χ4n) is 1.61. The second kappa shape index (κ2) is 15.5. The number of carbonyl (C=O) groups is 1. The van der Waals surface area contributed by atoms with Gasteiger partial charge in [0.2, 0.25) is 12.3 Å². The van der Waals surface area contributed by atoms with Crippen LogP contribution in [0.5, 0.6) is 0 Å². The van der Waals surface area contributed by atoms with Crippen molar-refractivity contribution in [2.24, 2.45) is 10.1 Å². The lowest BCUT2D eigenvalue weighted by atomic mass is 10.1. The molecule has 0 aliphatic rings. The van der Waals surface area contributed by atoms with Crippen LogP contribution in [0.3, 0.4) is 0 Å². The predicted octanol–water partition coefficient (Wildman–Crippen LogP) is 3.71. The van der Waals surface area contributed by atoms with Gasteiger partial charge in [0.1, 0.15) is 0 Å². The molecule has 0 aliphatic heterocycles. The lowest BCUT2D eigenvalue weighted by Crippen LogP contribution is -2.22. The van der Waals surface area contributed by atoms with Crippen molar-refractivity contribution in [1.29, 1.82) is 0 Å². The Labute approximate surface area is 143 Å². The number of rotatable bonds is 6. The van der Waals surface area contributed by atoms with E-state index in [0.29, 0.717) is 6.41 Å². The molecule has 136 valence electrons. The maximum atomic E-state index is 11.5. The van der Waals surface area contributed by atoms with Crippen LogP contribution >= 0.6 is 0 Å². The van der Waals surface area contributed by atoms with Crippen molar-refractivity contribution in [3.63, 3.8) is 0 Å². The Bertz CT molecular complexity index is 553. The molecule has 1 amide bonds. The smallest absolute Gasteiger partial charge is 0.337 e. The van der Waals surface area contributed by atoms with Gasteiger partial charge < -0.3 is 9.25 Å². The van der Waals surface area contributed by atoms with Gasteiger partial charge in [0.05, 0.1) is 0 Å². The van der Waals surface area contributed by atoms with Gasteiger partial charge in [-0.15, -0.1) is 0 Å². The van der Waals surface area contributed by atoms with Crippen LogP contribution in [0.2, 0.25) is 0 Å². The Kier molecular flexibility index (Phi) is 15.3. The Morgan fingerprint density at radius 2 is 2.00 bits per heavy atom. The molecule has 0 fully saturated rings. The number of unbranched alkanes of at least 4 members (excludes halogenated alkanes) is 1. The molecule has 0 atom stereocenters. The number of oxime groups is 1. The fraction of sp³-hybridized carbons (Fsp3) is 0.529. The van der Waals surface area contributed by atoms with E-state index in [1.807, 2.05) is 27.7 Å². The maximum Gasteiger partial charge on any atom is 0.337 e. The highest BCUT2D eigenvalue weighted by Crippen LogP contribution is 2.21. The van der Waals surface area contributed by atoms with Crippen LogP contribution in [0.15, 0.2) is 25.4 Å². The number of hydrogen-bond acceptors (Lipinski definition) is 6. The summed E-state index contributed by atoms with van der Waals surface area (Å²) < 4.78 is 5.01. The largest absolute Gasteiger partial charge is 0.404 e. The molecule has 0 saturated carbocycles. The maximum absolute atomic E-state index is 11.5. The molecule has 1 aromatic heterocycles. The molecule has 0 aliphatic carbocycles. The number of nitrogens with one attached hydrogen (secondary N) is 1. The standard InChI is InChI=1S/C13H17N3O4.2C2H6/c1-4-5-6-10-7-11(18)19-12(9(10)2)16-13(15-8-17)20-14-3;2*1-2/h7-8H,3-6H2,1-2H3,(H,15,16,17);2*1-2H3. The molecule has 0 unspecified atom stereocenters. The van der Waals surface area contributed by atoms with E-state index in [2.05, 4.69) is 33.9 Å². The summed E-state index contributed by atoms with van der Waals surface area (Å²) >= 11 is 0. The number of nitrogens with zero attached hydrogens (tertiary/aromatic N) is 2. The molecule has 0 radical (unpaired) electrons. The molecule has 1 aromatic rings. The van der Waals surface area contributed by atoms with E-state index in [1.54, 1.807) is 6.92 Å². The van der Waals surface area contributed by atoms with Crippen LogP contribution < -0.4 is 10.9 Å². The van der Waals surface area contributed by atoms with Gasteiger partial charge in [-0.2, -0.15) is 4.99 Å². The van der Waals surface area contributed by atoms with Crippen molar-refractivity contribution < 1.29 is 14.0 Å². The minimum absolute atomic E-state index is 0.0802. The Balaban J connectivity index is 0. The first-order chi connectivity index (χ1) is 11.6. The number of aryl methyl sites for hydroxylation is 1. The third-order valence-corrected chi connectivity index (χ3v) is 2.63. The van der Waals surface area contributed by atoms with Crippen LogP contribution in [-0.4, -0.2) is 19.1 Å². The summed E-state index contributed by atoms with van der Waals surface area (Å²) in [6.07, 6.45) is 3.10. The molecule has 1 heterocycles. The van der Waals surface area contributed by atoms with Crippen LogP contribution in [-0.2, 0) is 16.1 Å². The Morgan fingerprint density at radius 3 is 2.50 bits per heavy atom. The molecule has 7 nitrogen and oxygen atoms in total. The van der Waals surface area contributed by atoms with Crippen molar-refractivity contribution in [3.05, 3.63) is 27.6 Å². The summed E-state index contributed by atoms with van der Waals surface area (Å²) in [4.78, 5) is 30.5. The number of hydrogen-bond donors (Lipinski definition) is 1. The van der Waals surface area contributed by atoms with E-state index in [0.717, 1.165) is 30.4 Å². The summed E-state index contributed by atoms with van der Waals surface area (Å²) in [7, 11) is 0. The van der Waals surface area contributed by atoms with Crippen LogP contribution in [0, 0.1) is 6.92 Å². The van der Waals surface area contributed by atoms with Gasteiger partial charge in [-0.05, 0) is 25.3 Å². The average Bonchev–Trinajstić information content (AvgIpc) is 2.60. The fourth-order valence-corrected chi connectivity index (χ4v) is 1.61. The molecular formula is C17H29N3O4. The van der Waals surface area contributed by atoms with Crippen molar-refractivity contribution in [2.75, 3.05) is 0 Å². The molecule has 0 bridgehead atoms. The first-order valence-corrected chi connectivity index (χ1v) is 8.17. The molecule has 7 heteroatoms. The minimum atomic E-state index is -0.502. The highest BCUT2D eigenvalue weighted by molar-refractivity contribution is 5.85. The summed E-state index contributed by atoms with van der Waals surface area (Å²) in [6, 6.07) is 1.23. The average molecular weight is 339 g/mol. The van der Waals surface area contributed by atoms with Crippen LogP contribution in [0.1, 0.15) is 58.6 Å². The molecule has 24 heavy (non-hydrogen) atoms. The Morgan fingerprint density at radius 1 is 1.38 bits per heavy atom. The summed E-state index contributed by atoms with van der Waals surface area (Å²) in [5, 5.41) is 5.35. The third kappa shape index (κ3) is 8.87. The molecular weight excluding hydrogens is 310 g/mol. The van der Waals surface area contributed by atoms with Gasteiger partial charge in [-0.3, -0.25) is 10.1 Å². The number of carbonyl (C=O) groups excluding carboxylic acids is 1. The van der Waals surface area contributed by atoms with Gasteiger partial charge >= 0.3 is 11.6 Å². The van der Waals surface area contributed by atoms with Crippen LogP contribution in [0.4, 0.5) is 5.88 Å². The zero-order valence-electron chi connectivity index (χ0n) is 15.5. The van der Waals surface area contributed by atoms with E-state index in [4.69, 9.17) is 4.42 Å². The lowest BCUT2D eigenvalue weighted by molar-refractivity contribution is -0.108. The highest BCUT2D eigenvalue weighted by Gasteiger charge is 2.10. The first kappa shape index (κ1) is 23.8. The van der Waals surface area contributed by atoms with Crippen molar-refractivity contribution in [1.82, 2.24) is 5.32 Å². The summed E-state index contributed by atoms with van der Waals surface area (Å²) in [6.45, 7) is 15.0. The van der Waals surface area contributed by atoms with Gasteiger partial charge in [0.25, 0.3) is 0 Å². The predicted molar refractivity (Wildman–Crippen MR) is 98.0 cm³/mol. The third-order valence-electron chi connectivity index (χ3n) is 2.63. The summed E-state index contributed by atoms with van der Waals surface area (Å²) in [5.74, 6) is 0.0802. The Hall–Kier alpha value is -2.44.